The number of aliphatic carboxylic acids is 1. The lowest BCUT2D eigenvalue weighted by atomic mass is 9.94. The molecule has 1 atom stereocenters. The van der Waals surface area contributed by atoms with Crippen LogP contribution >= 0.6 is 0 Å². The summed E-state index contributed by atoms with van der Waals surface area (Å²) in [6.07, 6.45) is 0. The standard InChI is InChI=1S/C13H17NO3/c1-8-3-4-12(15)11(5-8)9(2)14-6-10(7-14)13(16)17/h3-5,9-10,15H,6-7H2,1-2H3,(H,16,17). The number of carboxylic acids is 1. The number of phenolic OH excluding ortho intramolecular Hbond substituents is 1. The highest BCUT2D eigenvalue weighted by atomic mass is 16.4. The van der Waals surface area contributed by atoms with Crippen LogP contribution in [0.2, 0.25) is 0 Å². The highest BCUT2D eigenvalue weighted by molar-refractivity contribution is 5.71. The first-order valence-electron chi connectivity index (χ1n) is 5.75. The molecule has 1 saturated heterocycles. The van der Waals surface area contributed by atoms with E-state index in [0.717, 1.165) is 11.1 Å². The zero-order valence-corrected chi connectivity index (χ0v) is 10.1. The minimum atomic E-state index is -0.734. The Kier molecular flexibility index (Phi) is 3.07. The number of nitrogens with zero attached hydrogens (tertiary/aromatic N) is 1. The van der Waals surface area contributed by atoms with Crippen LogP contribution in [0.15, 0.2) is 18.2 Å². The number of carboxylic acid groups (broad SMARTS) is 1. The third kappa shape index (κ3) is 2.26. The molecule has 4 nitrogen and oxygen atoms in total. The van der Waals surface area contributed by atoms with E-state index in [4.69, 9.17) is 5.11 Å². The molecule has 0 amide bonds. The highest BCUT2D eigenvalue weighted by Gasteiger charge is 2.36. The summed E-state index contributed by atoms with van der Waals surface area (Å²) in [6, 6.07) is 5.57. The number of likely N-dealkylation sites (tertiary alicyclic amines) is 1. The summed E-state index contributed by atoms with van der Waals surface area (Å²) in [5.74, 6) is -0.715. The normalized spacial score (nSPS) is 18.7. The van der Waals surface area contributed by atoms with Crippen LogP contribution in [0.1, 0.15) is 24.1 Å². The van der Waals surface area contributed by atoms with Crippen LogP contribution in [0.4, 0.5) is 0 Å². The van der Waals surface area contributed by atoms with Gasteiger partial charge in [0.25, 0.3) is 0 Å². The summed E-state index contributed by atoms with van der Waals surface area (Å²) in [5, 5.41) is 18.6. The largest absolute Gasteiger partial charge is 0.508 e. The van der Waals surface area contributed by atoms with Gasteiger partial charge in [0.05, 0.1) is 5.92 Å². The summed E-state index contributed by atoms with van der Waals surface area (Å²) < 4.78 is 0. The van der Waals surface area contributed by atoms with Crippen molar-refractivity contribution < 1.29 is 15.0 Å². The van der Waals surface area contributed by atoms with Crippen LogP contribution < -0.4 is 0 Å². The lowest BCUT2D eigenvalue weighted by Crippen LogP contribution is -2.51. The van der Waals surface area contributed by atoms with Crippen molar-refractivity contribution in [3.05, 3.63) is 29.3 Å². The maximum Gasteiger partial charge on any atom is 0.309 e. The van der Waals surface area contributed by atoms with E-state index in [2.05, 4.69) is 4.90 Å². The second kappa shape index (κ2) is 4.37. The molecule has 0 radical (unpaired) electrons. The first-order valence-corrected chi connectivity index (χ1v) is 5.75. The monoisotopic (exact) mass is 235 g/mol. The summed E-state index contributed by atoms with van der Waals surface area (Å²) in [7, 11) is 0. The number of rotatable bonds is 3. The molecule has 0 aromatic heterocycles. The number of benzene rings is 1. The fourth-order valence-electron chi connectivity index (χ4n) is 2.19. The molecule has 1 aliphatic rings. The zero-order chi connectivity index (χ0) is 12.6. The summed E-state index contributed by atoms with van der Waals surface area (Å²) in [5.41, 5.74) is 1.97. The van der Waals surface area contributed by atoms with Crippen LogP contribution in [0.3, 0.4) is 0 Å². The Morgan fingerprint density at radius 3 is 2.71 bits per heavy atom. The van der Waals surface area contributed by atoms with E-state index < -0.39 is 5.97 Å². The van der Waals surface area contributed by atoms with Crippen LogP contribution in [-0.2, 0) is 4.79 Å². The van der Waals surface area contributed by atoms with E-state index in [1.54, 1.807) is 6.07 Å². The molecule has 1 heterocycles. The molecule has 4 heteroatoms. The van der Waals surface area contributed by atoms with Crippen molar-refractivity contribution in [2.75, 3.05) is 13.1 Å². The molecule has 1 unspecified atom stereocenters. The van der Waals surface area contributed by atoms with Crippen molar-refractivity contribution >= 4 is 5.97 Å². The molecule has 0 bridgehead atoms. The lowest BCUT2D eigenvalue weighted by molar-refractivity contribution is -0.148. The molecule has 1 aliphatic heterocycles. The van der Waals surface area contributed by atoms with Gasteiger partial charge in [-0.3, -0.25) is 9.69 Å². The Morgan fingerprint density at radius 1 is 1.47 bits per heavy atom. The Hall–Kier alpha value is -1.55. The number of carbonyl (C=O) groups is 1. The van der Waals surface area contributed by atoms with Gasteiger partial charge < -0.3 is 10.2 Å². The molecule has 1 aromatic carbocycles. The number of aromatic hydroxyl groups is 1. The molecule has 1 aromatic rings. The Bertz CT molecular complexity index is 438. The number of hydrogen-bond acceptors (Lipinski definition) is 3. The molecule has 92 valence electrons. The molecule has 1 fully saturated rings. The van der Waals surface area contributed by atoms with E-state index in [9.17, 15) is 9.90 Å². The Balaban J connectivity index is 2.08. The minimum absolute atomic E-state index is 0.0606. The first kappa shape index (κ1) is 11.9. The van der Waals surface area contributed by atoms with Crippen molar-refractivity contribution in [2.45, 2.75) is 19.9 Å². The molecule has 0 saturated carbocycles. The quantitative estimate of drug-likeness (QED) is 0.838. The second-order valence-electron chi connectivity index (χ2n) is 4.73. The fourth-order valence-corrected chi connectivity index (χ4v) is 2.19. The lowest BCUT2D eigenvalue weighted by Gasteiger charge is -2.41. The van der Waals surface area contributed by atoms with Crippen molar-refractivity contribution in [3.63, 3.8) is 0 Å². The van der Waals surface area contributed by atoms with Gasteiger partial charge in [-0.05, 0) is 19.9 Å². The second-order valence-corrected chi connectivity index (χ2v) is 4.73. The van der Waals surface area contributed by atoms with Crippen LogP contribution in [0.25, 0.3) is 0 Å². The third-order valence-electron chi connectivity index (χ3n) is 3.44. The highest BCUT2D eigenvalue weighted by Crippen LogP contribution is 2.33. The van der Waals surface area contributed by atoms with E-state index in [1.807, 2.05) is 26.0 Å². The minimum Gasteiger partial charge on any atom is -0.508 e. The topological polar surface area (TPSA) is 60.8 Å². The number of phenols is 1. The SMILES string of the molecule is Cc1ccc(O)c(C(C)N2CC(C(=O)O)C2)c1. The molecule has 2 rings (SSSR count). The number of aryl methyl sites for hydroxylation is 1. The van der Waals surface area contributed by atoms with Gasteiger partial charge in [0.2, 0.25) is 0 Å². The van der Waals surface area contributed by atoms with E-state index >= 15 is 0 Å². The maximum atomic E-state index is 10.7. The smallest absolute Gasteiger partial charge is 0.309 e. The van der Waals surface area contributed by atoms with E-state index in [0.29, 0.717) is 13.1 Å². The summed E-state index contributed by atoms with van der Waals surface area (Å²) in [4.78, 5) is 12.8. The van der Waals surface area contributed by atoms with Crippen LogP contribution in [0, 0.1) is 12.8 Å². The van der Waals surface area contributed by atoms with E-state index in [-0.39, 0.29) is 17.7 Å². The molecule has 2 N–H and O–H groups in total. The summed E-state index contributed by atoms with van der Waals surface area (Å²) >= 11 is 0. The van der Waals surface area contributed by atoms with Gasteiger partial charge in [-0.2, -0.15) is 0 Å². The van der Waals surface area contributed by atoms with E-state index in [1.165, 1.54) is 0 Å². The predicted molar refractivity (Wildman–Crippen MR) is 64.0 cm³/mol. The van der Waals surface area contributed by atoms with Gasteiger partial charge in [-0.1, -0.05) is 17.7 Å². The average molecular weight is 235 g/mol. The molecular weight excluding hydrogens is 218 g/mol. The average Bonchev–Trinajstić information content (AvgIpc) is 2.18. The summed E-state index contributed by atoms with van der Waals surface area (Å²) in [6.45, 7) is 5.09. The molecule has 0 spiro atoms. The van der Waals surface area contributed by atoms with Gasteiger partial charge in [0, 0.05) is 24.7 Å². The Morgan fingerprint density at radius 2 is 2.12 bits per heavy atom. The van der Waals surface area contributed by atoms with Gasteiger partial charge in [0.15, 0.2) is 0 Å². The molecule has 0 aliphatic carbocycles. The molecular formula is C13H17NO3. The Labute approximate surface area is 100 Å². The van der Waals surface area contributed by atoms with Gasteiger partial charge in [0.1, 0.15) is 5.75 Å². The van der Waals surface area contributed by atoms with Gasteiger partial charge >= 0.3 is 5.97 Å². The van der Waals surface area contributed by atoms with Crippen LogP contribution in [-0.4, -0.2) is 34.2 Å². The maximum absolute atomic E-state index is 10.7. The molecule has 17 heavy (non-hydrogen) atoms. The zero-order valence-electron chi connectivity index (χ0n) is 10.1. The van der Waals surface area contributed by atoms with Crippen molar-refractivity contribution in [1.29, 1.82) is 0 Å². The van der Waals surface area contributed by atoms with Crippen molar-refractivity contribution in [2.24, 2.45) is 5.92 Å². The van der Waals surface area contributed by atoms with Crippen LogP contribution in [0.5, 0.6) is 5.75 Å². The van der Waals surface area contributed by atoms with Gasteiger partial charge in [-0.25, -0.2) is 0 Å². The van der Waals surface area contributed by atoms with Crippen molar-refractivity contribution in [3.8, 4) is 5.75 Å². The van der Waals surface area contributed by atoms with Crippen molar-refractivity contribution in [1.82, 2.24) is 4.90 Å². The predicted octanol–water partition coefficient (Wildman–Crippen LogP) is 1.78. The van der Waals surface area contributed by atoms with Gasteiger partial charge in [-0.15, -0.1) is 0 Å². The fraction of sp³-hybridized carbons (Fsp3) is 0.462. The first-order chi connectivity index (χ1) is 7.99. The third-order valence-corrected chi connectivity index (χ3v) is 3.44. The number of hydrogen-bond donors (Lipinski definition) is 2.